The summed E-state index contributed by atoms with van der Waals surface area (Å²) in [4.78, 5) is 2.58. The van der Waals surface area contributed by atoms with Gasteiger partial charge < -0.3 is 10.5 Å². The Morgan fingerprint density at radius 2 is 1.95 bits per heavy atom. The van der Waals surface area contributed by atoms with E-state index >= 15 is 0 Å². The van der Waals surface area contributed by atoms with Gasteiger partial charge in [0.05, 0.1) is 7.11 Å². The quantitative estimate of drug-likeness (QED) is 0.799. The van der Waals surface area contributed by atoms with Crippen LogP contribution in [0.15, 0.2) is 24.3 Å². The van der Waals surface area contributed by atoms with E-state index in [9.17, 15) is 0 Å². The fraction of sp³-hybridized carbons (Fsp3) is 0.667. The number of ether oxygens (including phenoxy) is 1. The molecule has 1 fully saturated rings. The lowest BCUT2D eigenvalue weighted by molar-refractivity contribution is 0.0759. The van der Waals surface area contributed by atoms with Gasteiger partial charge in [0.15, 0.2) is 0 Å². The fourth-order valence-corrected chi connectivity index (χ4v) is 3.21. The van der Waals surface area contributed by atoms with E-state index in [0.29, 0.717) is 6.54 Å². The Kier molecular flexibility index (Phi) is 5.65. The first kappa shape index (κ1) is 16.3. The van der Waals surface area contributed by atoms with Crippen molar-refractivity contribution in [2.75, 3.05) is 26.7 Å². The number of benzene rings is 1. The maximum Gasteiger partial charge on any atom is 0.118 e. The molecule has 1 atom stereocenters. The predicted molar refractivity (Wildman–Crippen MR) is 88.7 cm³/mol. The summed E-state index contributed by atoms with van der Waals surface area (Å²) in [7, 11) is 1.70. The van der Waals surface area contributed by atoms with Crippen LogP contribution in [0.2, 0.25) is 0 Å². The fourth-order valence-electron chi connectivity index (χ4n) is 3.21. The molecule has 3 nitrogen and oxygen atoms in total. The molecule has 0 aliphatic heterocycles. The summed E-state index contributed by atoms with van der Waals surface area (Å²) in [5, 5.41) is 0. The molecule has 1 aromatic carbocycles. The highest BCUT2D eigenvalue weighted by Gasteiger charge is 2.32. The van der Waals surface area contributed by atoms with E-state index in [0.717, 1.165) is 24.6 Å². The SMILES string of the molecule is CCN(CC1CCC1)C(C)(CN)Cc1ccc(OC)cc1. The van der Waals surface area contributed by atoms with Crippen molar-refractivity contribution in [1.82, 2.24) is 4.90 Å². The summed E-state index contributed by atoms with van der Waals surface area (Å²) < 4.78 is 5.23. The monoisotopic (exact) mass is 290 g/mol. The molecule has 2 rings (SSSR count). The minimum atomic E-state index is 0.0406. The Hall–Kier alpha value is -1.06. The van der Waals surface area contributed by atoms with Gasteiger partial charge in [0.25, 0.3) is 0 Å². The highest BCUT2D eigenvalue weighted by Crippen LogP contribution is 2.30. The number of likely N-dealkylation sites (N-methyl/N-ethyl adjacent to an activating group) is 1. The van der Waals surface area contributed by atoms with E-state index in [4.69, 9.17) is 10.5 Å². The van der Waals surface area contributed by atoms with Gasteiger partial charge in [-0.05, 0) is 56.3 Å². The van der Waals surface area contributed by atoms with Crippen molar-refractivity contribution >= 4 is 0 Å². The second-order valence-electron chi connectivity index (χ2n) is 6.56. The Labute approximate surface area is 129 Å². The summed E-state index contributed by atoms with van der Waals surface area (Å²) in [6.45, 7) is 7.51. The molecule has 0 heterocycles. The highest BCUT2D eigenvalue weighted by atomic mass is 16.5. The van der Waals surface area contributed by atoms with Crippen molar-refractivity contribution in [1.29, 1.82) is 0 Å². The van der Waals surface area contributed by atoms with Gasteiger partial charge in [-0.15, -0.1) is 0 Å². The number of nitrogens with two attached hydrogens (primary N) is 1. The first-order valence-corrected chi connectivity index (χ1v) is 8.19. The summed E-state index contributed by atoms with van der Waals surface area (Å²) in [6, 6.07) is 8.39. The van der Waals surface area contributed by atoms with Crippen LogP contribution in [0.3, 0.4) is 0 Å². The number of hydrogen-bond acceptors (Lipinski definition) is 3. The number of rotatable bonds is 8. The zero-order valence-electron chi connectivity index (χ0n) is 13.8. The molecule has 0 amide bonds. The van der Waals surface area contributed by atoms with Gasteiger partial charge >= 0.3 is 0 Å². The van der Waals surface area contributed by atoms with Gasteiger partial charge in [-0.3, -0.25) is 4.90 Å². The van der Waals surface area contributed by atoms with Crippen molar-refractivity contribution in [3.63, 3.8) is 0 Å². The molecule has 3 heteroatoms. The van der Waals surface area contributed by atoms with Crippen molar-refractivity contribution in [3.8, 4) is 5.75 Å². The molecule has 0 bridgehead atoms. The molecule has 21 heavy (non-hydrogen) atoms. The normalized spacial score (nSPS) is 18.3. The molecule has 0 saturated heterocycles. The topological polar surface area (TPSA) is 38.5 Å². The average molecular weight is 290 g/mol. The summed E-state index contributed by atoms with van der Waals surface area (Å²) >= 11 is 0. The standard InChI is InChI=1S/C18H30N2O/c1-4-20(13-16-6-5-7-16)18(2,14-19)12-15-8-10-17(21-3)11-9-15/h8-11,16H,4-7,12-14,19H2,1-3H3. The minimum Gasteiger partial charge on any atom is -0.497 e. The van der Waals surface area contributed by atoms with Crippen LogP contribution >= 0.6 is 0 Å². The smallest absolute Gasteiger partial charge is 0.118 e. The Balaban J connectivity index is 2.05. The largest absolute Gasteiger partial charge is 0.497 e. The first-order valence-electron chi connectivity index (χ1n) is 8.19. The Morgan fingerprint density at radius 3 is 2.38 bits per heavy atom. The summed E-state index contributed by atoms with van der Waals surface area (Å²) in [5.74, 6) is 1.79. The average Bonchev–Trinajstić information content (AvgIpc) is 2.47. The van der Waals surface area contributed by atoms with Crippen LogP contribution in [0.5, 0.6) is 5.75 Å². The van der Waals surface area contributed by atoms with Gasteiger partial charge in [0.1, 0.15) is 5.75 Å². The van der Waals surface area contributed by atoms with E-state index in [1.807, 2.05) is 12.1 Å². The molecular weight excluding hydrogens is 260 g/mol. The van der Waals surface area contributed by atoms with E-state index < -0.39 is 0 Å². The Bertz CT molecular complexity index is 427. The molecule has 0 radical (unpaired) electrons. The zero-order chi connectivity index (χ0) is 15.3. The van der Waals surface area contributed by atoms with Gasteiger partial charge in [-0.25, -0.2) is 0 Å². The lowest BCUT2D eigenvalue weighted by atomic mass is 9.82. The minimum absolute atomic E-state index is 0.0406. The van der Waals surface area contributed by atoms with Crippen LogP contribution in [0.25, 0.3) is 0 Å². The second-order valence-corrected chi connectivity index (χ2v) is 6.56. The van der Waals surface area contributed by atoms with Gasteiger partial charge in [0.2, 0.25) is 0 Å². The number of methoxy groups -OCH3 is 1. The van der Waals surface area contributed by atoms with Gasteiger partial charge in [-0.2, -0.15) is 0 Å². The number of hydrogen-bond donors (Lipinski definition) is 1. The molecule has 118 valence electrons. The van der Waals surface area contributed by atoms with E-state index in [1.165, 1.54) is 31.4 Å². The van der Waals surface area contributed by atoms with Crippen LogP contribution in [0, 0.1) is 5.92 Å². The molecule has 2 N–H and O–H groups in total. The highest BCUT2D eigenvalue weighted by molar-refractivity contribution is 5.28. The molecule has 1 aliphatic carbocycles. The molecular formula is C18H30N2O. The van der Waals surface area contributed by atoms with Gasteiger partial charge in [0, 0.05) is 18.6 Å². The molecule has 1 aromatic rings. The lowest BCUT2D eigenvalue weighted by Gasteiger charge is -2.44. The van der Waals surface area contributed by atoms with E-state index in [-0.39, 0.29) is 5.54 Å². The molecule has 0 aromatic heterocycles. The first-order chi connectivity index (χ1) is 10.1. The third-order valence-corrected chi connectivity index (χ3v) is 5.03. The second kappa shape index (κ2) is 7.28. The number of nitrogens with zero attached hydrogens (tertiary/aromatic N) is 1. The third-order valence-electron chi connectivity index (χ3n) is 5.03. The molecule has 1 unspecified atom stereocenters. The van der Waals surface area contributed by atoms with Crippen LogP contribution in [-0.2, 0) is 6.42 Å². The van der Waals surface area contributed by atoms with Crippen molar-refractivity contribution in [2.24, 2.45) is 11.7 Å². The zero-order valence-corrected chi connectivity index (χ0v) is 13.8. The molecule has 1 aliphatic rings. The van der Waals surface area contributed by atoms with Crippen molar-refractivity contribution in [3.05, 3.63) is 29.8 Å². The molecule has 0 spiro atoms. The predicted octanol–water partition coefficient (Wildman–Crippen LogP) is 3.08. The molecule has 1 saturated carbocycles. The Morgan fingerprint density at radius 1 is 1.29 bits per heavy atom. The third kappa shape index (κ3) is 3.98. The summed E-state index contributed by atoms with van der Waals surface area (Å²) in [6.07, 6.45) is 5.17. The lowest BCUT2D eigenvalue weighted by Crippen LogP contribution is -2.55. The summed E-state index contributed by atoms with van der Waals surface area (Å²) in [5.41, 5.74) is 7.53. The van der Waals surface area contributed by atoms with Crippen LogP contribution in [-0.4, -0.2) is 37.2 Å². The van der Waals surface area contributed by atoms with Crippen molar-refractivity contribution < 1.29 is 4.74 Å². The van der Waals surface area contributed by atoms with Crippen LogP contribution in [0.1, 0.15) is 38.7 Å². The van der Waals surface area contributed by atoms with E-state index in [1.54, 1.807) is 7.11 Å². The maximum absolute atomic E-state index is 6.16. The van der Waals surface area contributed by atoms with Gasteiger partial charge in [-0.1, -0.05) is 25.5 Å². The van der Waals surface area contributed by atoms with Crippen LogP contribution < -0.4 is 10.5 Å². The maximum atomic E-state index is 6.16. The van der Waals surface area contributed by atoms with E-state index in [2.05, 4.69) is 30.9 Å². The van der Waals surface area contributed by atoms with Crippen LogP contribution in [0.4, 0.5) is 0 Å². The van der Waals surface area contributed by atoms with Crippen molar-refractivity contribution in [2.45, 2.75) is 45.1 Å².